The molecule has 0 aliphatic heterocycles. The van der Waals surface area contributed by atoms with Crippen molar-refractivity contribution in [2.24, 2.45) is 0 Å². The lowest BCUT2D eigenvalue weighted by atomic mass is 10.00. The van der Waals surface area contributed by atoms with E-state index in [9.17, 15) is 4.79 Å². The molecular weight excluding hydrogens is 345 g/mol. The first kappa shape index (κ1) is 16.9. The Morgan fingerprint density at radius 1 is 1.17 bits per heavy atom. The molecule has 3 nitrogen and oxygen atoms in total. The van der Waals surface area contributed by atoms with Crippen molar-refractivity contribution in [3.05, 3.63) is 63.8 Å². The zero-order valence-electron chi connectivity index (χ0n) is 13.4. The molecule has 0 atom stereocenters. The van der Waals surface area contributed by atoms with E-state index in [1.165, 1.54) is 5.56 Å². The van der Waals surface area contributed by atoms with Crippen LogP contribution in [0.15, 0.2) is 47.1 Å². The highest BCUT2D eigenvalue weighted by Crippen LogP contribution is 2.28. The van der Waals surface area contributed by atoms with Crippen LogP contribution in [-0.4, -0.2) is 5.91 Å². The van der Waals surface area contributed by atoms with Crippen LogP contribution in [0.5, 0.6) is 0 Å². The van der Waals surface area contributed by atoms with Gasteiger partial charge in [-0.15, -0.1) is 0 Å². The molecule has 3 rings (SSSR count). The molecule has 3 aromatic rings. The van der Waals surface area contributed by atoms with Crippen LogP contribution in [0.2, 0.25) is 10.0 Å². The lowest BCUT2D eigenvalue weighted by Gasteiger charge is -2.08. The average molecular weight is 362 g/mol. The van der Waals surface area contributed by atoms with Gasteiger partial charge in [0.25, 0.3) is 0 Å². The smallest absolute Gasteiger partial charge is 0.228 e. The second-order valence-electron chi connectivity index (χ2n) is 6.02. The van der Waals surface area contributed by atoms with Gasteiger partial charge in [-0.25, -0.2) is 0 Å². The number of carbonyl (C=O) groups is 1. The molecule has 5 heteroatoms. The summed E-state index contributed by atoms with van der Waals surface area (Å²) in [4.78, 5) is 12.3. The van der Waals surface area contributed by atoms with Gasteiger partial charge in [0.1, 0.15) is 5.58 Å². The largest absolute Gasteiger partial charge is 0.464 e. The molecule has 2 aromatic carbocycles. The van der Waals surface area contributed by atoms with E-state index < -0.39 is 0 Å². The molecule has 0 bridgehead atoms. The number of carbonyl (C=O) groups excluding carboxylic acids is 1. The fourth-order valence-electron chi connectivity index (χ4n) is 2.55. The van der Waals surface area contributed by atoms with Crippen LogP contribution in [0.25, 0.3) is 11.0 Å². The van der Waals surface area contributed by atoms with Crippen molar-refractivity contribution in [2.45, 2.75) is 26.2 Å². The van der Waals surface area contributed by atoms with Gasteiger partial charge in [-0.2, -0.15) is 0 Å². The maximum absolute atomic E-state index is 12.3. The van der Waals surface area contributed by atoms with E-state index in [1.807, 2.05) is 12.1 Å². The molecule has 1 aromatic heterocycles. The summed E-state index contributed by atoms with van der Waals surface area (Å²) in [5.74, 6) is 0.260. The Morgan fingerprint density at radius 3 is 2.67 bits per heavy atom. The van der Waals surface area contributed by atoms with Crippen LogP contribution in [0, 0.1) is 0 Å². The van der Waals surface area contributed by atoms with Crippen LogP contribution >= 0.6 is 23.2 Å². The number of rotatable bonds is 4. The monoisotopic (exact) mass is 361 g/mol. The van der Waals surface area contributed by atoms with Crippen LogP contribution in [0.1, 0.15) is 30.9 Å². The van der Waals surface area contributed by atoms with Gasteiger partial charge in [0.15, 0.2) is 0 Å². The predicted octanol–water partition coefficient (Wildman–Crippen LogP) is 6.04. The SMILES string of the molecule is CC(C)c1ccc2occ(CC(=O)Nc3ccc(Cl)cc3Cl)c2c1. The first-order valence-electron chi connectivity index (χ1n) is 7.69. The molecule has 0 spiro atoms. The molecule has 124 valence electrons. The van der Waals surface area contributed by atoms with Crippen molar-refractivity contribution in [3.63, 3.8) is 0 Å². The maximum atomic E-state index is 12.3. The number of halogens is 2. The summed E-state index contributed by atoms with van der Waals surface area (Å²) in [7, 11) is 0. The second kappa shape index (κ2) is 6.88. The Morgan fingerprint density at radius 2 is 1.96 bits per heavy atom. The molecule has 0 aliphatic rings. The number of fused-ring (bicyclic) bond motifs is 1. The van der Waals surface area contributed by atoms with Gasteiger partial charge in [0, 0.05) is 16.0 Å². The minimum absolute atomic E-state index is 0.156. The van der Waals surface area contributed by atoms with Gasteiger partial charge < -0.3 is 9.73 Å². The van der Waals surface area contributed by atoms with E-state index in [0.717, 1.165) is 16.5 Å². The van der Waals surface area contributed by atoms with Crippen LogP contribution in [-0.2, 0) is 11.2 Å². The average Bonchev–Trinajstić information content (AvgIpc) is 2.92. The highest BCUT2D eigenvalue weighted by molar-refractivity contribution is 6.36. The first-order valence-corrected chi connectivity index (χ1v) is 8.44. The number of hydrogen-bond acceptors (Lipinski definition) is 2. The van der Waals surface area contributed by atoms with Gasteiger partial charge in [0.05, 0.1) is 23.4 Å². The molecule has 0 aliphatic carbocycles. The lowest BCUT2D eigenvalue weighted by molar-refractivity contribution is -0.115. The second-order valence-corrected chi connectivity index (χ2v) is 6.86. The highest BCUT2D eigenvalue weighted by atomic mass is 35.5. The van der Waals surface area contributed by atoms with Crippen molar-refractivity contribution >= 4 is 45.8 Å². The normalized spacial score (nSPS) is 11.2. The molecule has 0 saturated heterocycles. The quantitative estimate of drug-likeness (QED) is 0.614. The summed E-state index contributed by atoms with van der Waals surface area (Å²) in [5, 5.41) is 4.72. The summed E-state index contributed by atoms with van der Waals surface area (Å²) < 4.78 is 5.55. The fourth-order valence-corrected chi connectivity index (χ4v) is 3.01. The first-order chi connectivity index (χ1) is 11.4. The van der Waals surface area contributed by atoms with E-state index in [-0.39, 0.29) is 12.3 Å². The standard InChI is InChI=1S/C19H17Cl2NO2/c1-11(2)12-3-6-18-15(7-12)13(10-24-18)8-19(23)22-17-5-4-14(20)9-16(17)21/h3-7,9-11H,8H2,1-2H3,(H,22,23). The van der Waals surface area contributed by atoms with Crippen LogP contribution in [0.3, 0.4) is 0 Å². The van der Waals surface area contributed by atoms with Crippen molar-refractivity contribution in [2.75, 3.05) is 5.32 Å². The van der Waals surface area contributed by atoms with E-state index in [0.29, 0.717) is 21.7 Å². The fraction of sp³-hybridized carbons (Fsp3) is 0.211. The van der Waals surface area contributed by atoms with Gasteiger partial charge in [-0.1, -0.05) is 43.1 Å². The van der Waals surface area contributed by atoms with Gasteiger partial charge in [-0.3, -0.25) is 4.79 Å². The summed E-state index contributed by atoms with van der Waals surface area (Å²) in [6.45, 7) is 4.27. The van der Waals surface area contributed by atoms with Crippen LogP contribution < -0.4 is 5.32 Å². The Labute approximate surface area is 150 Å². The minimum atomic E-state index is -0.156. The van der Waals surface area contributed by atoms with Gasteiger partial charge >= 0.3 is 0 Å². The van der Waals surface area contributed by atoms with Crippen molar-refractivity contribution < 1.29 is 9.21 Å². The summed E-state index contributed by atoms with van der Waals surface area (Å²) >= 11 is 12.0. The zero-order chi connectivity index (χ0) is 17.3. The molecular formula is C19H17Cl2NO2. The highest BCUT2D eigenvalue weighted by Gasteiger charge is 2.13. The van der Waals surface area contributed by atoms with E-state index in [4.69, 9.17) is 27.6 Å². The van der Waals surface area contributed by atoms with Crippen molar-refractivity contribution in [1.29, 1.82) is 0 Å². The molecule has 0 radical (unpaired) electrons. The van der Waals surface area contributed by atoms with E-state index in [1.54, 1.807) is 24.5 Å². The van der Waals surface area contributed by atoms with E-state index in [2.05, 4.69) is 25.2 Å². The summed E-state index contributed by atoms with van der Waals surface area (Å²) in [5.41, 5.74) is 3.40. The number of benzene rings is 2. The molecule has 0 saturated carbocycles. The maximum Gasteiger partial charge on any atom is 0.228 e. The molecule has 1 amide bonds. The van der Waals surface area contributed by atoms with E-state index >= 15 is 0 Å². The molecule has 1 N–H and O–H groups in total. The molecule has 24 heavy (non-hydrogen) atoms. The summed E-state index contributed by atoms with van der Waals surface area (Å²) in [6.07, 6.45) is 1.85. The van der Waals surface area contributed by atoms with Crippen molar-refractivity contribution in [3.8, 4) is 0 Å². The Bertz CT molecular complexity index is 900. The topological polar surface area (TPSA) is 42.2 Å². The third-order valence-corrected chi connectivity index (χ3v) is 4.45. The molecule has 0 fully saturated rings. The minimum Gasteiger partial charge on any atom is -0.464 e. The third kappa shape index (κ3) is 3.58. The van der Waals surface area contributed by atoms with Gasteiger partial charge in [0.2, 0.25) is 5.91 Å². The Balaban J connectivity index is 1.81. The third-order valence-electron chi connectivity index (χ3n) is 3.90. The van der Waals surface area contributed by atoms with Crippen molar-refractivity contribution in [1.82, 2.24) is 0 Å². The van der Waals surface area contributed by atoms with Crippen LogP contribution in [0.4, 0.5) is 5.69 Å². The number of nitrogens with one attached hydrogen (secondary N) is 1. The Hall–Kier alpha value is -1.97. The number of furan rings is 1. The zero-order valence-corrected chi connectivity index (χ0v) is 14.9. The lowest BCUT2D eigenvalue weighted by Crippen LogP contribution is -2.14. The van der Waals surface area contributed by atoms with Gasteiger partial charge in [-0.05, 0) is 41.8 Å². The summed E-state index contributed by atoms with van der Waals surface area (Å²) in [6, 6.07) is 11.1. The number of amides is 1. The molecule has 1 heterocycles. The molecule has 0 unspecified atom stereocenters. The predicted molar refractivity (Wildman–Crippen MR) is 99.1 cm³/mol. The number of hydrogen-bond donors (Lipinski definition) is 1. The number of anilines is 1. The Kier molecular flexibility index (Phi) is 4.83.